The van der Waals surface area contributed by atoms with E-state index in [-0.39, 0.29) is 12.5 Å². The van der Waals surface area contributed by atoms with Gasteiger partial charge in [0.25, 0.3) is 0 Å². The van der Waals surface area contributed by atoms with Gasteiger partial charge in [-0.3, -0.25) is 24.4 Å². The quantitative estimate of drug-likeness (QED) is 0.334. The van der Waals surface area contributed by atoms with Crippen molar-refractivity contribution < 1.29 is 19.1 Å². The third-order valence-electron chi connectivity index (χ3n) is 5.97. The molecule has 1 unspecified atom stereocenters. The van der Waals surface area contributed by atoms with Crippen LogP contribution in [0, 0.1) is 0 Å². The number of imidazole rings is 1. The number of aromatic nitrogens is 2. The van der Waals surface area contributed by atoms with Crippen molar-refractivity contribution in [3.63, 3.8) is 0 Å². The molecule has 0 radical (unpaired) electrons. The molecule has 2 amide bonds. The SMILES string of the molecule is COc1ccc(C(C(=O)NCC(=O)Nc2nc(-c3ccccc3)cn2-c2ccccc2)N(C)C)cc1OC. The van der Waals surface area contributed by atoms with Gasteiger partial charge in [0.15, 0.2) is 11.5 Å². The smallest absolute Gasteiger partial charge is 0.246 e. The molecule has 0 spiro atoms. The maximum Gasteiger partial charge on any atom is 0.246 e. The number of ether oxygens (including phenoxy) is 2. The minimum atomic E-state index is -0.640. The Kier molecular flexibility index (Phi) is 8.40. The molecular weight excluding hydrogens is 482 g/mol. The van der Waals surface area contributed by atoms with Gasteiger partial charge in [-0.15, -0.1) is 0 Å². The van der Waals surface area contributed by atoms with Crippen LogP contribution >= 0.6 is 0 Å². The Morgan fingerprint density at radius 2 is 1.58 bits per heavy atom. The first-order valence-corrected chi connectivity index (χ1v) is 12.1. The number of hydrogen-bond acceptors (Lipinski definition) is 6. The highest BCUT2D eigenvalue weighted by atomic mass is 16.5. The van der Waals surface area contributed by atoms with Crippen LogP contribution in [0.4, 0.5) is 5.95 Å². The van der Waals surface area contributed by atoms with Gasteiger partial charge in [-0.2, -0.15) is 0 Å². The molecule has 3 aromatic carbocycles. The molecule has 1 aromatic heterocycles. The van der Waals surface area contributed by atoms with Gasteiger partial charge in [0.1, 0.15) is 6.04 Å². The van der Waals surface area contributed by atoms with Crippen molar-refractivity contribution in [2.24, 2.45) is 0 Å². The lowest BCUT2D eigenvalue weighted by molar-refractivity contribution is -0.128. The Hall–Kier alpha value is -4.63. The zero-order valence-corrected chi connectivity index (χ0v) is 21.8. The topological polar surface area (TPSA) is 97.7 Å². The Morgan fingerprint density at radius 3 is 2.21 bits per heavy atom. The van der Waals surface area contributed by atoms with Gasteiger partial charge >= 0.3 is 0 Å². The first-order valence-electron chi connectivity index (χ1n) is 12.1. The summed E-state index contributed by atoms with van der Waals surface area (Å²) in [4.78, 5) is 32.5. The van der Waals surface area contributed by atoms with Crippen LogP contribution in [0.15, 0.2) is 85.1 Å². The molecule has 4 rings (SSSR count). The molecule has 1 heterocycles. The fourth-order valence-corrected chi connectivity index (χ4v) is 4.14. The summed E-state index contributed by atoms with van der Waals surface area (Å²) in [6.07, 6.45) is 1.87. The highest BCUT2D eigenvalue weighted by Crippen LogP contribution is 2.31. The van der Waals surface area contributed by atoms with Gasteiger partial charge in [-0.1, -0.05) is 54.6 Å². The predicted molar refractivity (Wildman–Crippen MR) is 147 cm³/mol. The average molecular weight is 514 g/mol. The molecule has 0 aliphatic heterocycles. The van der Waals surface area contributed by atoms with Gasteiger partial charge in [0.05, 0.1) is 26.5 Å². The number of anilines is 1. The molecule has 0 aliphatic rings. The van der Waals surface area contributed by atoms with Crippen molar-refractivity contribution in [2.45, 2.75) is 6.04 Å². The van der Waals surface area contributed by atoms with Gasteiger partial charge in [-0.25, -0.2) is 4.98 Å². The van der Waals surface area contributed by atoms with Crippen LogP contribution in [0.25, 0.3) is 16.9 Å². The van der Waals surface area contributed by atoms with Crippen molar-refractivity contribution in [3.8, 4) is 28.4 Å². The normalized spacial score (nSPS) is 11.6. The molecule has 0 aliphatic carbocycles. The standard InChI is InChI=1S/C29H31N5O4/c1-33(2)27(21-15-16-24(37-3)25(17-21)38-4)28(36)30-18-26(35)32-29-31-23(20-11-7-5-8-12-20)19-34(29)22-13-9-6-10-14-22/h5-17,19,27H,18H2,1-4H3,(H,30,36)(H,31,32,35). The molecule has 1 atom stereocenters. The molecule has 9 heteroatoms. The lowest BCUT2D eigenvalue weighted by Gasteiger charge is -2.24. The molecular formula is C29H31N5O4. The number of nitrogens with one attached hydrogen (secondary N) is 2. The van der Waals surface area contributed by atoms with Crippen molar-refractivity contribution >= 4 is 17.8 Å². The van der Waals surface area contributed by atoms with Crippen LogP contribution < -0.4 is 20.1 Å². The Morgan fingerprint density at radius 1 is 0.921 bits per heavy atom. The first kappa shape index (κ1) is 26.4. The summed E-state index contributed by atoms with van der Waals surface area (Å²) in [5, 5.41) is 5.59. The fraction of sp³-hybridized carbons (Fsp3) is 0.207. The minimum Gasteiger partial charge on any atom is -0.493 e. The molecule has 38 heavy (non-hydrogen) atoms. The number of amides is 2. The number of likely N-dealkylation sites (N-methyl/N-ethyl adjacent to an activating group) is 1. The van der Waals surface area contributed by atoms with Crippen molar-refractivity contribution in [1.82, 2.24) is 19.8 Å². The monoisotopic (exact) mass is 513 g/mol. The highest BCUT2D eigenvalue weighted by molar-refractivity contribution is 5.95. The Labute approximate surface area is 222 Å². The van der Waals surface area contributed by atoms with Crippen LogP contribution in [-0.4, -0.2) is 61.1 Å². The molecule has 0 saturated heterocycles. The van der Waals surface area contributed by atoms with Crippen molar-refractivity contribution in [1.29, 1.82) is 0 Å². The van der Waals surface area contributed by atoms with Crippen LogP contribution in [-0.2, 0) is 9.59 Å². The summed E-state index contributed by atoms with van der Waals surface area (Å²) >= 11 is 0. The van der Waals surface area contributed by atoms with E-state index in [1.54, 1.807) is 51.4 Å². The number of hydrogen-bond donors (Lipinski definition) is 2. The molecule has 0 saturated carbocycles. The second-order valence-electron chi connectivity index (χ2n) is 8.77. The molecule has 0 fully saturated rings. The number of rotatable bonds is 10. The lowest BCUT2D eigenvalue weighted by Crippen LogP contribution is -2.40. The Balaban J connectivity index is 1.50. The Bertz CT molecular complexity index is 1390. The van der Waals surface area contributed by atoms with E-state index in [0.29, 0.717) is 23.0 Å². The second kappa shape index (κ2) is 12.1. The summed E-state index contributed by atoms with van der Waals surface area (Å²) in [5.41, 5.74) is 3.20. The predicted octanol–water partition coefficient (Wildman–Crippen LogP) is 3.91. The fourth-order valence-electron chi connectivity index (χ4n) is 4.14. The molecule has 0 bridgehead atoms. The number of para-hydroxylation sites is 1. The summed E-state index contributed by atoms with van der Waals surface area (Å²) in [6.45, 7) is -0.223. The first-order chi connectivity index (χ1) is 18.4. The van der Waals surface area contributed by atoms with E-state index >= 15 is 0 Å². The van der Waals surface area contributed by atoms with E-state index in [1.807, 2.05) is 71.4 Å². The van der Waals surface area contributed by atoms with Gasteiger partial charge < -0.3 is 14.8 Å². The van der Waals surface area contributed by atoms with Gasteiger partial charge in [0.2, 0.25) is 17.8 Å². The van der Waals surface area contributed by atoms with Crippen molar-refractivity contribution in [2.75, 3.05) is 40.2 Å². The summed E-state index contributed by atoms with van der Waals surface area (Å²) in [5.74, 6) is 0.722. The van der Waals surface area contributed by atoms with E-state index in [9.17, 15) is 9.59 Å². The summed E-state index contributed by atoms with van der Waals surface area (Å²) < 4.78 is 12.5. The van der Waals surface area contributed by atoms with Crippen LogP contribution in [0.5, 0.6) is 11.5 Å². The molecule has 9 nitrogen and oxygen atoms in total. The van der Waals surface area contributed by atoms with E-state index in [1.165, 1.54) is 0 Å². The van der Waals surface area contributed by atoms with Crippen LogP contribution in [0.1, 0.15) is 11.6 Å². The largest absolute Gasteiger partial charge is 0.493 e. The van der Waals surface area contributed by atoms with E-state index in [0.717, 1.165) is 16.9 Å². The molecule has 196 valence electrons. The van der Waals surface area contributed by atoms with Gasteiger partial charge in [-0.05, 0) is 43.9 Å². The summed E-state index contributed by atoms with van der Waals surface area (Å²) in [6, 6.07) is 24.0. The summed E-state index contributed by atoms with van der Waals surface area (Å²) in [7, 11) is 6.68. The number of carbonyl (C=O) groups is 2. The maximum absolute atomic E-state index is 13.1. The number of carbonyl (C=O) groups excluding carboxylic acids is 2. The highest BCUT2D eigenvalue weighted by Gasteiger charge is 2.25. The van der Waals surface area contributed by atoms with Crippen LogP contribution in [0.2, 0.25) is 0 Å². The van der Waals surface area contributed by atoms with Crippen molar-refractivity contribution in [3.05, 3.63) is 90.6 Å². The third kappa shape index (κ3) is 6.01. The maximum atomic E-state index is 13.1. The zero-order valence-electron chi connectivity index (χ0n) is 21.8. The molecule has 4 aromatic rings. The minimum absolute atomic E-state index is 0.223. The van der Waals surface area contributed by atoms with Crippen LogP contribution in [0.3, 0.4) is 0 Å². The molecule has 2 N–H and O–H groups in total. The van der Waals surface area contributed by atoms with E-state index < -0.39 is 11.9 Å². The lowest BCUT2D eigenvalue weighted by atomic mass is 10.0. The zero-order chi connectivity index (χ0) is 27.1. The number of nitrogens with zero attached hydrogens (tertiary/aromatic N) is 3. The van der Waals surface area contributed by atoms with E-state index in [2.05, 4.69) is 15.6 Å². The number of benzene rings is 3. The number of methoxy groups -OCH3 is 2. The van der Waals surface area contributed by atoms with E-state index in [4.69, 9.17) is 9.47 Å². The van der Waals surface area contributed by atoms with Gasteiger partial charge in [0, 0.05) is 17.4 Å². The third-order valence-corrected chi connectivity index (χ3v) is 5.97. The second-order valence-corrected chi connectivity index (χ2v) is 8.77. The average Bonchev–Trinajstić information content (AvgIpc) is 3.36.